The lowest BCUT2D eigenvalue weighted by atomic mass is 9.94. The summed E-state index contributed by atoms with van der Waals surface area (Å²) in [6, 6.07) is 17.4. The third-order valence-corrected chi connectivity index (χ3v) is 7.51. The first kappa shape index (κ1) is 22.2. The largest absolute Gasteiger partial charge is 0.306 e. The van der Waals surface area contributed by atoms with Crippen molar-refractivity contribution < 1.29 is 13.2 Å². The summed E-state index contributed by atoms with van der Waals surface area (Å²) in [4.78, 5) is 13.1. The van der Waals surface area contributed by atoms with E-state index >= 15 is 0 Å². The summed E-state index contributed by atoms with van der Waals surface area (Å²) >= 11 is 0. The Morgan fingerprint density at radius 3 is 2.25 bits per heavy atom. The summed E-state index contributed by atoms with van der Waals surface area (Å²) in [5.74, 6) is 0.880. The van der Waals surface area contributed by atoms with Gasteiger partial charge in [-0.3, -0.25) is 4.79 Å². The van der Waals surface area contributed by atoms with Gasteiger partial charge in [0.15, 0.2) is 0 Å². The van der Waals surface area contributed by atoms with E-state index in [9.17, 15) is 13.2 Å². The van der Waals surface area contributed by atoms with Crippen molar-refractivity contribution in [2.24, 2.45) is 11.8 Å². The molecule has 0 radical (unpaired) electrons. The van der Waals surface area contributed by atoms with Crippen LogP contribution < -0.4 is 5.32 Å². The topological polar surface area (TPSA) is 84.3 Å². The molecular weight excluding hydrogens is 424 g/mol. The Morgan fingerprint density at radius 1 is 1.00 bits per heavy atom. The molecule has 3 aromatic rings. The van der Waals surface area contributed by atoms with Gasteiger partial charge in [-0.1, -0.05) is 32.0 Å². The second-order valence-electron chi connectivity index (χ2n) is 8.66. The number of hydrogen-bond donors (Lipinski definition) is 1. The minimum Gasteiger partial charge on any atom is -0.306 e. The van der Waals surface area contributed by atoms with E-state index in [4.69, 9.17) is 0 Å². The van der Waals surface area contributed by atoms with Crippen molar-refractivity contribution in [3.63, 3.8) is 0 Å². The molecular formula is C24H28N4O3S. The van der Waals surface area contributed by atoms with E-state index in [0.717, 1.165) is 17.8 Å². The second-order valence-corrected chi connectivity index (χ2v) is 10.6. The van der Waals surface area contributed by atoms with E-state index in [1.807, 2.05) is 37.3 Å². The quantitative estimate of drug-likeness (QED) is 0.632. The average molecular weight is 453 g/mol. The van der Waals surface area contributed by atoms with Crippen LogP contribution >= 0.6 is 0 Å². The third-order valence-electron chi connectivity index (χ3n) is 5.66. The fourth-order valence-corrected chi connectivity index (χ4v) is 5.95. The van der Waals surface area contributed by atoms with Crippen LogP contribution in [0.5, 0.6) is 0 Å². The molecule has 2 unspecified atom stereocenters. The number of hydrogen-bond acceptors (Lipinski definition) is 4. The molecule has 0 saturated carbocycles. The monoisotopic (exact) mass is 452 g/mol. The van der Waals surface area contributed by atoms with Gasteiger partial charge in [0.1, 0.15) is 5.82 Å². The Balaban J connectivity index is 1.52. The first-order valence-corrected chi connectivity index (χ1v) is 12.2. The standard InChI is InChI=1S/C24H28N4O3S/c1-17-13-18(2)16-27(15-17)32(30,31)22-11-9-20(10-12-22)24(29)25-23-14-19(3)26-28(23)21-7-5-4-6-8-21/h4-12,14,17-18H,13,15-16H2,1-3H3,(H,25,29). The van der Waals surface area contributed by atoms with Crippen molar-refractivity contribution in [3.8, 4) is 5.69 Å². The van der Waals surface area contributed by atoms with Gasteiger partial charge in [0, 0.05) is 24.7 Å². The number of benzene rings is 2. The number of piperidine rings is 1. The Kier molecular flexibility index (Phi) is 6.17. The van der Waals surface area contributed by atoms with Crippen LogP contribution in [0.1, 0.15) is 36.3 Å². The van der Waals surface area contributed by atoms with Crippen molar-refractivity contribution >= 4 is 21.7 Å². The summed E-state index contributed by atoms with van der Waals surface area (Å²) in [7, 11) is -3.58. The third kappa shape index (κ3) is 4.61. The highest BCUT2D eigenvalue weighted by atomic mass is 32.2. The van der Waals surface area contributed by atoms with Crippen LogP contribution in [0.3, 0.4) is 0 Å². The highest BCUT2D eigenvalue weighted by Gasteiger charge is 2.31. The number of carbonyl (C=O) groups is 1. The number of para-hydroxylation sites is 1. The zero-order chi connectivity index (χ0) is 22.9. The maximum Gasteiger partial charge on any atom is 0.256 e. The number of sulfonamides is 1. The molecule has 2 atom stereocenters. The van der Waals surface area contributed by atoms with Crippen molar-refractivity contribution in [1.29, 1.82) is 0 Å². The van der Waals surface area contributed by atoms with Gasteiger partial charge < -0.3 is 5.32 Å². The molecule has 1 aliphatic rings. The van der Waals surface area contributed by atoms with Crippen LogP contribution in [-0.2, 0) is 10.0 Å². The number of aromatic nitrogens is 2. The average Bonchev–Trinajstić information content (AvgIpc) is 3.13. The van der Waals surface area contributed by atoms with Crippen molar-refractivity contribution in [2.75, 3.05) is 18.4 Å². The van der Waals surface area contributed by atoms with E-state index in [1.54, 1.807) is 27.2 Å². The van der Waals surface area contributed by atoms with E-state index in [2.05, 4.69) is 24.3 Å². The molecule has 0 aliphatic carbocycles. The van der Waals surface area contributed by atoms with Crippen LogP contribution in [0, 0.1) is 18.8 Å². The Hall–Kier alpha value is -2.97. The highest BCUT2D eigenvalue weighted by molar-refractivity contribution is 7.89. The minimum atomic E-state index is -3.58. The summed E-state index contributed by atoms with van der Waals surface area (Å²) in [5.41, 5.74) is 1.99. The summed E-state index contributed by atoms with van der Waals surface area (Å²) in [6.07, 6.45) is 1.03. The number of nitrogens with zero attached hydrogens (tertiary/aromatic N) is 3. The van der Waals surface area contributed by atoms with E-state index in [0.29, 0.717) is 36.3 Å². The predicted octanol–water partition coefficient (Wildman–Crippen LogP) is 4.10. The maximum atomic E-state index is 13.1. The van der Waals surface area contributed by atoms with Gasteiger partial charge in [0.25, 0.3) is 5.91 Å². The van der Waals surface area contributed by atoms with Gasteiger partial charge in [-0.25, -0.2) is 13.1 Å². The lowest BCUT2D eigenvalue weighted by molar-refractivity contribution is 0.102. The molecule has 1 saturated heterocycles. The normalized spacial score (nSPS) is 19.6. The lowest BCUT2D eigenvalue weighted by Gasteiger charge is -2.34. The number of aryl methyl sites for hydroxylation is 1. The molecule has 32 heavy (non-hydrogen) atoms. The molecule has 168 valence electrons. The molecule has 1 aliphatic heterocycles. The predicted molar refractivity (Wildman–Crippen MR) is 124 cm³/mol. The number of nitrogens with one attached hydrogen (secondary N) is 1. The molecule has 1 amide bonds. The number of amides is 1. The molecule has 4 rings (SSSR count). The molecule has 7 nitrogen and oxygen atoms in total. The molecule has 2 aromatic carbocycles. The van der Waals surface area contributed by atoms with E-state index in [-0.39, 0.29) is 10.8 Å². The first-order valence-electron chi connectivity index (χ1n) is 10.8. The lowest BCUT2D eigenvalue weighted by Crippen LogP contribution is -2.42. The van der Waals surface area contributed by atoms with Gasteiger partial charge in [0.2, 0.25) is 10.0 Å². The Morgan fingerprint density at radius 2 is 1.62 bits per heavy atom. The molecule has 1 fully saturated rings. The van der Waals surface area contributed by atoms with Crippen LogP contribution in [0.2, 0.25) is 0 Å². The van der Waals surface area contributed by atoms with Gasteiger partial charge in [-0.2, -0.15) is 9.40 Å². The zero-order valence-electron chi connectivity index (χ0n) is 18.5. The number of rotatable bonds is 5. The van der Waals surface area contributed by atoms with E-state index in [1.165, 1.54) is 12.1 Å². The van der Waals surface area contributed by atoms with Gasteiger partial charge in [0.05, 0.1) is 16.3 Å². The summed E-state index contributed by atoms with van der Waals surface area (Å²) in [5, 5.41) is 7.34. The molecule has 1 aromatic heterocycles. The fraction of sp³-hybridized carbons (Fsp3) is 0.333. The summed E-state index contributed by atoms with van der Waals surface area (Å²) in [6.45, 7) is 7.06. The van der Waals surface area contributed by atoms with Crippen molar-refractivity contribution in [1.82, 2.24) is 14.1 Å². The van der Waals surface area contributed by atoms with Gasteiger partial charge in [-0.05, 0) is 61.6 Å². The number of carbonyl (C=O) groups excluding carboxylic acids is 1. The molecule has 1 N–H and O–H groups in total. The number of anilines is 1. The highest BCUT2D eigenvalue weighted by Crippen LogP contribution is 2.27. The minimum absolute atomic E-state index is 0.209. The van der Waals surface area contributed by atoms with Gasteiger partial charge in [-0.15, -0.1) is 0 Å². The SMILES string of the molecule is Cc1cc(NC(=O)c2ccc(S(=O)(=O)N3CC(C)CC(C)C3)cc2)n(-c2ccccc2)n1. The second kappa shape index (κ2) is 8.88. The Bertz CT molecular complexity index is 1190. The van der Waals surface area contributed by atoms with Gasteiger partial charge >= 0.3 is 0 Å². The fourth-order valence-electron chi connectivity index (χ4n) is 4.27. The van der Waals surface area contributed by atoms with Crippen LogP contribution in [-0.4, -0.2) is 41.5 Å². The van der Waals surface area contributed by atoms with E-state index < -0.39 is 10.0 Å². The Labute approximate surface area is 189 Å². The van der Waals surface area contributed by atoms with Crippen molar-refractivity contribution in [3.05, 3.63) is 71.9 Å². The molecule has 2 heterocycles. The smallest absolute Gasteiger partial charge is 0.256 e. The first-order chi connectivity index (χ1) is 15.2. The zero-order valence-corrected chi connectivity index (χ0v) is 19.3. The summed E-state index contributed by atoms with van der Waals surface area (Å²) < 4.78 is 29.4. The molecule has 0 bridgehead atoms. The molecule has 8 heteroatoms. The van der Waals surface area contributed by atoms with Crippen molar-refractivity contribution in [2.45, 2.75) is 32.1 Å². The van der Waals surface area contributed by atoms with Crippen LogP contribution in [0.15, 0.2) is 65.6 Å². The maximum absolute atomic E-state index is 13.1. The molecule has 0 spiro atoms. The van der Waals surface area contributed by atoms with Crippen LogP contribution in [0.4, 0.5) is 5.82 Å². The van der Waals surface area contributed by atoms with Crippen LogP contribution in [0.25, 0.3) is 5.69 Å².